The lowest BCUT2D eigenvalue weighted by Crippen LogP contribution is -2.43. The van der Waals surface area contributed by atoms with Crippen LogP contribution in [0.15, 0.2) is 57.8 Å². The van der Waals surface area contributed by atoms with Gasteiger partial charge < -0.3 is 20.0 Å². The predicted molar refractivity (Wildman–Crippen MR) is 147 cm³/mol. The van der Waals surface area contributed by atoms with Gasteiger partial charge in [-0.3, -0.25) is 9.36 Å². The van der Waals surface area contributed by atoms with E-state index in [1.54, 1.807) is 13.1 Å². The molecule has 3 aromatic heterocycles. The molecule has 1 aliphatic heterocycles. The molecule has 4 heterocycles. The van der Waals surface area contributed by atoms with Gasteiger partial charge in [0.2, 0.25) is 5.69 Å². The first-order valence-electron chi connectivity index (χ1n) is 12.8. The Bertz CT molecular complexity index is 1720. The molecule has 4 aromatic rings. The van der Waals surface area contributed by atoms with Crippen molar-refractivity contribution in [2.45, 2.75) is 33.4 Å². The number of anilines is 1. The van der Waals surface area contributed by atoms with Crippen LogP contribution in [0.3, 0.4) is 0 Å². The summed E-state index contributed by atoms with van der Waals surface area (Å²) in [6, 6.07) is 11.4. The smallest absolute Gasteiger partial charge is 0.331 e. The highest BCUT2D eigenvalue weighted by Crippen LogP contribution is 2.31. The molecule has 0 aliphatic carbocycles. The average molecular weight is 514 g/mol. The van der Waals surface area contributed by atoms with E-state index in [0.29, 0.717) is 45.8 Å². The van der Waals surface area contributed by atoms with Crippen molar-refractivity contribution in [1.29, 1.82) is 5.26 Å². The number of pyridine rings is 1. The fraction of sp³-hybridized carbons (Fsp3) is 0.357. The standard InChI is InChI=1S/C28H31N7O3/c1-19(2)9-14-33-25-24(22(17-29)26(33)32-13-6-11-30-12-16-32)31(3)28(37)34(27(25)36)18-23-21-8-5-4-7-20(21)10-15-35(23)38/h4-5,7-10,15,30H,6,11-14,16,18H2,1-3H3. The lowest BCUT2D eigenvalue weighted by atomic mass is 10.1. The van der Waals surface area contributed by atoms with Crippen molar-refractivity contribution in [1.82, 2.24) is 19.0 Å². The second-order valence-corrected chi connectivity index (χ2v) is 9.90. The van der Waals surface area contributed by atoms with Gasteiger partial charge in [-0.2, -0.15) is 9.99 Å². The van der Waals surface area contributed by atoms with E-state index in [1.165, 1.54) is 10.8 Å². The summed E-state index contributed by atoms with van der Waals surface area (Å²) in [6.45, 7) is 7.17. The molecule has 1 aliphatic rings. The van der Waals surface area contributed by atoms with Crippen molar-refractivity contribution in [2.75, 3.05) is 31.1 Å². The topological polar surface area (TPSA) is 115 Å². The van der Waals surface area contributed by atoms with E-state index < -0.39 is 11.2 Å². The number of fused-ring (bicyclic) bond motifs is 2. The lowest BCUT2D eigenvalue weighted by Gasteiger charge is -2.24. The number of hydrogen-bond acceptors (Lipinski definition) is 6. The Morgan fingerprint density at radius 2 is 1.92 bits per heavy atom. The number of nitrogens with zero attached hydrogens (tertiary/aromatic N) is 6. The first kappa shape index (κ1) is 25.3. The fourth-order valence-corrected chi connectivity index (χ4v) is 5.27. The van der Waals surface area contributed by atoms with Gasteiger partial charge in [-0.1, -0.05) is 29.8 Å². The van der Waals surface area contributed by atoms with Gasteiger partial charge in [-0.15, -0.1) is 0 Å². The summed E-state index contributed by atoms with van der Waals surface area (Å²) in [6.07, 6.45) is 4.29. The number of aryl methyl sites for hydroxylation is 1. The summed E-state index contributed by atoms with van der Waals surface area (Å²) in [4.78, 5) is 29.8. The lowest BCUT2D eigenvalue weighted by molar-refractivity contribution is -0.612. The molecule has 1 saturated heterocycles. The summed E-state index contributed by atoms with van der Waals surface area (Å²) in [7, 11) is 1.58. The minimum Gasteiger partial charge on any atom is -0.618 e. The Hall–Kier alpha value is -4.36. The third-order valence-corrected chi connectivity index (χ3v) is 7.18. The summed E-state index contributed by atoms with van der Waals surface area (Å²) in [5.41, 5.74) is 1.21. The summed E-state index contributed by atoms with van der Waals surface area (Å²) >= 11 is 0. The van der Waals surface area contributed by atoms with Crippen LogP contribution in [0.5, 0.6) is 0 Å². The normalized spacial score (nSPS) is 14.0. The highest BCUT2D eigenvalue weighted by atomic mass is 16.5. The molecule has 5 rings (SSSR count). The van der Waals surface area contributed by atoms with Crippen LogP contribution < -0.4 is 26.2 Å². The van der Waals surface area contributed by atoms with Crippen LogP contribution in [-0.4, -0.2) is 39.9 Å². The van der Waals surface area contributed by atoms with Gasteiger partial charge in [0.15, 0.2) is 6.20 Å². The van der Waals surface area contributed by atoms with E-state index in [4.69, 9.17) is 0 Å². The third kappa shape index (κ3) is 4.25. The molecule has 0 radical (unpaired) electrons. The van der Waals surface area contributed by atoms with E-state index in [-0.39, 0.29) is 12.1 Å². The number of hydrogen-bond donors (Lipinski definition) is 1. The van der Waals surface area contributed by atoms with Crippen molar-refractivity contribution >= 4 is 27.6 Å². The van der Waals surface area contributed by atoms with Gasteiger partial charge in [0.25, 0.3) is 5.56 Å². The quantitative estimate of drug-likeness (QED) is 0.248. The van der Waals surface area contributed by atoms with Gasteiger partial charge in [0, 0.05) is 39.3 Å². The molecule has 0 atom stereocenters. The van der Waals surface area contributed by atoms with E-state index >= 15 is 0 Å². The van der Waals surface area contributed by atoms with E-state index in [2.05, 4.69) is 16.3 Å². The highest BCUT2D eigenvalue weighted by molar-refractivity contribution is 5.90. The molecule has 10 nitrogen and oxygen atoms in total. The van der Waals surface area contributed by atoms with Gasteiger partial charge >= 0.3 is 5.69 Å². The first-order valence-corrected chi connectivity index (χ1v) is 12.8. The Balaban J connectivity index is 1.81. The van der Waals surface area contributed by atoms with E-state index in [0.717, 1.165) is 41.6 Å². The zero-order valence-electron chi connectivity index (χ0n) is 21.9. The van der Waals surface area contributed by atoms with E-state index in [1.807, 2.05) is 48.8 Å². The van der Waals surface area contributed by atoms with Crippen LogP contribution in [-0.2, 0) is 20.1 Å². The van der Waals surface area contributed by atoms with Crippen molar-refractivity contribution in [3.8, 4) is 6.07 Å². The molecule has 1 N–H and O–H groups in total. The molecule has 1 fully saturated rings. The van der Waals surface area contributed by atoms with Crippen LogP contribution in [0.4, 0.5) is 5.82 Å². The Morgan fingerprint density at radius 1 is 1.13 bits per heavy atom. The Morgan fingerprint density at radius 3 is 2.68 bits per heavy atom. The van der Waals surface area contributed by atoms with Gasteiger partial charge in [0.05, 0.1) is 10.9 Å². The molecule has 0 unspecified atom stereocenters. The Kier molecular flexibility index (Phi) is 6.78. The molecule has 196 valence electrons. The maximum absolute atomic E-state index is 14.1. The SMILES string of the molecule is CC(C)=CCn1c(N2CCCNCC2)c(C#N)c2c1c(=O)n(Cc1c3ccccc3cc[n+]1[O-])c(=O)n2C. The molecule has 38 heavy (non-hydrogen) atoms. The van der Waals surface area contributed by atoms with E-state index in [9.17, 15) is 20.1 Å². The Labute approximate surface area is 219 Å². The molecule has 0 amide bonds. The minimum absolute atomic E-state index is 0.190. The average Bonchev–Trinajstić information content (AvgIpc) is 3.03. The molecule has 0 bridgehead atoms. The van der Waals surface area contributed by atoms with Gasteiger partial charge in [0.1, 0.15) is 29.5 Å². The van der Waals surface area contributed by atoms with Crippen molar-refractivity contribution in [3.05, 3.63) is 85.5 Å². The minimum atomic E-state index is -0.574. The van der Waals surface area contributed by atoms with Crippen molar-refractivity contribution < 1.29 is 4.73 Å². The molecule has 0 saturated carbocycles. The van der Waals surface area contributed by atoms with Gasteiger partial charge in [-0.25, -0.2) is 9.36 Å². The molecule has 1 aromatic carbocycles. The summed E-state index contributed by atoms with van der Waals surface area (Å²) in [5, 5.41) is 28.0. The third-order valence-electron chi connectivity index (χ3n) is 7.18. The molecule has 0 spiro atoms. The number of nitriles is 1. The maximum Gasteiger partial charge on any atom is 0.331 e. The zero-order valence-corrected chi connectivity index (χ0v) is 21.9. The fourth-order valence-electron chi connectivity index (χ4n) is 5.27. The van der Waals surface area contributed by atoms with Crippen LogP contribution in [0.1, 0.15) is 31.5 Å². The number of benzene rings is 1. The highest BCUT2D eigenvalue weighted by Gasteiger charge is 2.28. The van der Waals surface area contributed by atoms with Gasteiger partial charge in [-0.05, 0) is 38.3 Å². The molecule has 10 heteroatoms. The van der Waals surface area contributed by atoms with Crippen LogP contribution in [0, 0.1) is 16.5 Å². The maximum atomic E-state index is 14.1. The van der Waals surface area contributed by atoms with Crippen LogP contribution in [0.25, 0.3) is 21.8 Å². The number of nitrogens with one attached hydrogen (secondary N) is 1. The number of rotatable bonds is 5. The number of aromatic nitrogens is 4. The second kappa shape index (κ2) is 10.2. The van der Waals surface area contributed by atoms with Crippen molar-refractivity contribution in [3.63, 3.8) is 0 Å². The second-order valence-electron chi connectivity index (χ2n) is 9.90. The largest absolute Gasteiger partial charge is 0.618 e. The first-order chi connectivity index (χ1) is 18.3. The molecular formula is C28H31N7O3. The van der Waals surface area contributed by atoms with Crippen molar-refractivity contribution in [2.24, 2.45) is 7.05 Å². The monoisotopic (exact) mass is 513 g/mol. The number of allylic oxidation sites excluding steroid dienone is 2. The predicted octanol–water partition coefficient (Wildman–Crippen LogP) is 1.97. The summed E-state index contributed by atoms with van der Waals surface area (Å²) in [5.74, 6) is 0.651. The zero-order chi connectivity index (χ0) is 27.0. The molecular weight excluding hydrogens is 482 g/mol. The summed E-state index contributed by atoms with van der Waals surface area (Å²) < 4.78 is 5.04. The van der Waals surface area contributed by atoms with Crippen LogP contribution in [0.2, 0.25) is 0 Å². The van der Waals surface area contributed by atoms with Crippen LogP contribution >= 0.6 is 0 Å².